The van der Waals surface area contributed by atoms with Crippen molar-refractivity contribution in [2.24, 2.45) is 11.3 Å². The molecule has 1 aromatic rings. The second-order valence-electron chi connectivity index (χ2n) is 6.17. The summed E-state index contributed by atoms with van der Waals surface area (Å²) in [5.41, 5.74) is 3.92. The molecule has 2 aliphatic carbocycles. The lowest BCUT2D eigenvalue weighted by Crippen LogP contribution is -2.12. The lowest BCUT2D eigenvalue weighted by molar-refractivity contribution is 0.497. The summed E-state index contributed by atoms with van der Waals surface area (Å²) in [6.07, 6.45) is 16.6. The second-order valence-corrected chi connectivity index (χ2v) is 6.17. The van der Waals surface area contributed by atoms with Crippen molar-refractivity contribution in [3.05, 3.63) is 46.4 Å². The van der Waals surface area contributed by atoms with E-state index in [1.54, 1.807) is 0 Å². The van der Waals surface area contributed by atoms with Crippen molar-refractivity contribution in [1.29, 1.82) is 0 Å². The Hall–Kier alpha value is -1.76. The maximum Gasteiger partial charge on any atom is 0.135 e. The normalized spacial score (nSPS) is 27.6. The van der Waals surface area contributed by atoms with Crippen molar-refractivity contribution in [2.45, 2.75) is 34.1 Å². The van der Waals surface area contributed by atoms with E-state index in [0.29, 0.717) is 5.92 Å². The molecule has 0 bridgehead atoms. The highest BCUT2D eigenvalue weighted by atomic mass is 16.3. The Morgan fingerprint density at radius 2 is 1.80 bits per heavy atom. The minimum Gasteiger partial charge on any atom is -0.456 e. The van der Waals surface area contributed by atoms with Crippen LogP contribution in [0.15, 0.2) is 28.2 Å². The predicted octanol–water partition coefficient (Wildman–Crippen LogP) is 5.80. The van der Waals surface area contributed by atoms with E-state index in [-0.39, 0.29) is 5.41 Å². The van der Waals surface area contributed by atoms with Gasteiger partial charge in [-0.2, -0.15) is 0 Å². The van der Waals surface area contributed by atoms with Gasteiger partial charge in [-0.15, -0.1) is 0 Å². The fourth-order valence-corrected chi connectivity index (χ4v) is 2.78. The van der Waals surface area contributed by atoms with Crippen LogP contribution in [-0.2, 0) is 0 Å². The van der Waals surface area contributed by atoms with Gasteiger partial charge < -0.3 is 4.42 Å². The molecule has 2 unspecified atom stereocenters. The van der Waals surface area contributed by atoms with Crippen LogP contribution in [0, 0.1) is 11.3 Å². The first kappa shape index (κ1) is 13.2. The zero-order valence-electron chi connectivity index (χ0n) is 12.7. The summed E-state index contributed by atoms with van der Waals surface area (Å²) < 4.78 is 6.08. The maximum absolute atomic E-state index is 6.08. The number of rotatable bonds is 1. The third-order valence-electron chi connectivity index (χ3n) is 4.76. The van der Waals surface area contributed by atoms with E-state index in [0.717, 1.165) is 17.9 Å². The molecule has 1 heterocycles. The molecule has 0 N–H and O–H groups in total. The van der Waals surface area contributed by atoms with Gasteiger partial charge in [-0.25, -0.2) is 0 Å². The van der Waals surface area contributed by atoms with Crippen molar-refractivity contribution < 1.29 is 4.42 Å². The Bertz CT molecular complexity index is 652. The predicted molar refractivity (Wildman–Crippen MR) is 87.0 cm³/mol. The smallest absolute Gasteiger partial charge is 0.135 e. The van der Waals surface area contributed by atoms with Crippen LogP contribution < -0.4 is 0 Å². The summed E-state index contributed by atoms with van der Waals surface area (Å²) in [7, 11) is 0. The Kier molecular flexibility index (Phi) is 3.08. The van der Waals surface area contributed by atoms with Gasteiger partial charge in [-0.05, 0) is 31.4 Å². The van der Waals surface area contributed by atoms with E-state index in [1.807, 2.05) is 0 Å². The standard InChI is InChI=1S/C19H22O/c1-5-19(4)11-10-16-15-8-6-13(2)7-9-17(15)20-18(16)12-14(19)3/h6-13H,5H2,1-4H3. The van der Waals surface area contributed by atoms with Gasteiger partial charge in [0.1, 0.15) is 11.5 Å². The maximum atomic E-state index is 6.08. The monoisotopic (exact) mass is 266 g/mol. The first-order valence-corrected chi connectivity index (χ1v) is 7.44. The Morgan fingerprint density at radius 3 is 2.55 bits per heavy atom. The van der Waals surface area contributed by atoms with Crippen molar-refractivity contribution in [1.82, 2.24) is 0 Å². The molecule has 2 atom stereocenters. The first-order chi connectivity index (χ1) is 9.53. The molecule has 0 saturated carbocycles. The molecule has 0 amide bonds. The van der Waals surface area contributed by atoms with Crippen LogP contribution in [0.25, 0.3) is 24.3 Å². The quantitative estimate of drug-likeness (QED) is 0.626. The molecule has 2 aliphatic rings. The summed E-state index contributed by atoms with van der Waals surface area (Å²) in [4.78, 5) is 0. The number of hydrogen-bond acceptors (Lipinski definition) is 1. The van der Waals surface area contributed by atoms with Crippen LogP contribution in [-0.4, -0.2) is 0 Å². The minimum absolute atomic E-state index is 0.131. The first-order valence-electron chi connectivity index (χ1n) is 7.44. The number of fused-ring (bicyclic) bond motifs is 3. The molecule has 0 radical (unpaired) electrons. The average molecular weight is 266 g/mol. The van der Waals surface area contributed by atoms with Crippen molar-refractivity contribution in [3.63, 3.8) is 0 Å². The van der Waals surface area contributed by atoms with Crippen LogP contribution in [0.4, 0.5) is 0 Å². The topological polar surface area (TPSA) is 13.1 Å². The van der Waals surface area contributed by atoms with Crippen molar-refractivity contribution in [3.8, 4) is 0 Å². The fraction of sp³-hybridized carbons (Fsp3) is 0.368. The highest BCUT2D eigenvalue weighted by Crippen LogP contribution is 2.40. The van der Waals surface area contributed by atoms with Gasteiger partial charge in [0.25, 0.3) is 0 Å². The highest BCUT2D eigenvalue weighted by molar-refractivity contribution is 5.80. The van der Waals surface area contributed by atoms with Gasteiger partial charge in [-0.3, -0.25) is 0 Å². The Morgan fingerprint density at radius 1 is 1.10 bits per heavy atom. The molecule has 3 rings (SSSR count). The molecule has 104 valence electrons. The summed E-state index contributed by atoms with van der Waals surface area (Å²) in [6, 6.07) is 0. The summed E-state index contributed by atoms with van der Waals surface area (Å²) in [5.74, 6) is 2.43. The zero-order chi connectivity index (χ0) is 14.3. The minimum atomic E-state index is 0.131. The van der Waals surface area contributed by atoms with E-state index < -0.39 is 0 Å². The third-order valence-corrected chi connectivity index (χ3v) is 4.76. The molecular formula is C19H22O. The van der Waals surface area contributed by atoms with E-state index in [2.05, 4.69) is 70.2 Å². The molecule has 0 aliphatic heterocycles. The molecule has 0 aromatic carbocycles. The molecule has 0 saturated heterocycles. The average Bonchev–Trinajstić information content (AvgIpc) is 2.57. The van der Waals surface area contributed by atoms with Crippen LogP contribution in [0.2, 0.25) is 0 Å². The number of allylic oxidation sites excluding steroid dienone is 4. The molecule has 1 heteroatoms. The largest absolute Gasteiger partial charge is 0.456 e. The number of furan rings is 1. The van der Waals surface area contributed by atoms with Crippen LogP contribution in [0.3, 0.4) is 0 Å². The number of hydrogen-bond donors (Lipinski definition) is 0. The Labute approximate surface area is 121 Å². The van der Waals surface area contributed by atoms with E-state index in [4.69, 9.17) is 4.42 Å². The highest BCUT2D eigenvalue weighted by Gasteiger charge is 2.26. The lowest BCUT2D eigenvalue weighted by atomic mass is 9.80. The van der Waals surface area contributed by atoms with E-state index in [1.165, 1.54) is 16.7 Å². The van der Waals surface area contributed by atoms with Gasteiger partial charge in [0.2, 0.25) is 0 Å². The van der Waals surface area contributed by atoms with Crippen LogP contribution in [0.1, 0.15) is 56.8 Å². The summed E-state index contributed by atoms with van der Waals surface area (Å²) in [5, 5.41) is 0. The van der Waals surface area contributed by atoms with Crippen molar-refractivity contribution in [2.75, 3.05) is 0 Å². The Balaban J connectivity index is 2.17. The van der Waals surface area contributed by atoms with Crippen LogP contribution in [0.5, 0.6) is 0 Å². The van der Waals surface area contributed by atoms with Gasteiger partial charge in [0.15, 0.2) is 0 Å². The molecule has 1 nitrogen and oxygen atoms in total. The molecule has 0 spiro atoms. The van der Waals surface area contributed by atoms with Gasteiger partial charge in [0.05, 0.1) is 0 Å². The molecule has 1 aromatic heterocycles. The lowest BCUT2D eigenvalue weighted by Gasteiger charge is -2.24. The third kappa shape index (κ3) is 2.02. The van der Waals surface area contributed by atoms with Gasteiger partial charge >= 0.3 is 0 Å². The molecule has 0 fully saturated rings. The van der Waals surface area contributed by atoms with Crippen LogP contribution >= 0.6 is 0 Å². The fourth-order valence-electron chi connectivity index (χ4n) is 2.78. The van der Waals surface area contributed by atoms with Gasteiger partial charge in [-0.1, -0.05) is 56.7 Å². The SMILES string of the molecule is CCC1(C)C=Cc2c(oc3c2C=CC(C)C=C3)C=C1C. The van der Waals surface area contributed by atoms with Gasteiger partial charge in [0, 0.05) is 16.5 Å². The summed E-state index contributed by atoms with van der Waals surface area (Å²) in [6.45, 7) is 8.91. The van der Waals surface area contributed by atoms with E-state index in [9.17, 15) is 0 Å². The zero-order valence-corrected chi connectivity index (χ0v) is 12.7. The second kappa shape index (κ2) is 4.66. The molecule has 20 heavy (non-hydrogen) atoms. The van der Waals surface area contributed by atoms with Crippen molar-refractivity contribution >= 4 is 24.3 Å². The molecular weight excluding hydrogens is 244 g/mol. The van der Waals surface area contributed by atoms with E-state index >= 15 is 0 Å². The summed E-state index contributed by atoms with van der Waals surface area (Å²) >= 11 is 0.